The number of rotatable bonds is 7. The molecule has 3 amide bonds. The van der Waals surface area contributed by atoms with Gasteiger partial charge in [0.05, 0.1) is 0 Å². The molecule has 5 nitrogen and oxygen atoms in total. The summed E-state index contributed by atoms with van der Waals surface area (Å²) in [6.45, 7) is 3.33. The van der Waals surface area contributed by atoms with Gasteiger partial charge in [0.1, 0.15) is 0 Å². The van der Waals surface area contributed by atoms with Crippen LogP contribution in [-0.2, 0) is 11.3 Å². The highest BCUT2D eigenvalue weighted by Crippen LogP contribution is 2.30. The Morgan fingerprint density at radius 3 is 2.15 bits per heavy atom. The summed E-state index contributed by atoms with van der Waals surface area (Å²) in [6, 6.07) is 17.1. The Kier molecular flexibility index (Phi) is 5.89. The predicted octanol–water partition coefficient (Wildman–Crippen LogP) is 4.48. The number of carbonyl (C=O) groups excluding carboxylic acids is 2. The molecular formula is C21H25N3O2. The van der Waals surface area contributed by atoms with Crippen LogP contribution in [0.15, 0.2) is 54.6 Å². The van der Waals surface area contributed by atoms with E-state index in [4.69, 9.17) is 0 Å². The average molecular weight is 351 g/mol. The van der Waals surface area contributed by atoms with E-state index in [1.54, 1.807) is 4.90 Å². The number of amides is 3. The number of benzene rings is 2. The van der Waals surface area contributed by atoms with Crippen molar-refractivity contribution in [1.82, 2.24) is 4.90 Å². The molecule has 0 atom stereocenters. The second-order valence-electron chi connectivity index (χ2n) is 6.68. The lowest BCUT2D eigenvalue weighted by Crippen LogP contribution is -2.35. The van der Waals surface area contributed by atoms with Crippen LogP contribution in [0.4, 0.5) is 16.2 Å². The van der Waals surface area contributed by atoms with Crippen molar-refractivity contribution in [2.24, 2.45) is 5.92 Å². The highest BCUT2D eigenvalue weighted by atomic mass is 16.2. The van der Waals surface area contributed by atoms with Crippen molar-refractivity contribution in [2.45, 2.75) is 32.7 Å². The second-order valence-corrected chi connectivity index (χ2v) is 6.68. The number of anilines is 2. The summed E-state index contributed by atoms with van der Waals surface area (Å²) in [7, 11) is 0. The molecule has 0 radical (unpaired) electrons. The van der Waals surface area contributed by atoms with E-state index < -0.39 is 0 Å². The molecule has 1 aliphatic carbocycles. The second kappa shape index (κ2) is 8.52. The van der Waals surface area contributed by atoms with Gasteiger partial charge in [0.2, 0.25) is 5.91 Å². The van der Waals surface area contributed by atoms with Crippen LogP contribution in [0.3, 0.4) is 0 Å². The van der Waals surface area contributed by atoms with Crippen LogP contribution < -0.4 is 10.6 Å². The summed E-state index contributed by atoms with van der Waals surface area (Å²) in [4.78, 5) is 26.2. The smallest absolute Gasteiger partial charge is 0.322 e. The van der Waals surface area contributed by atoms with Crippen molar-refractivity contribution in [3.8, 4) is 0 Å². The summed E-state index contributed by atoms with van der Waals surface area (Å²) < 4.78 is 0. The molecule has 0 aromatic heterocycles. The van der Waals surface area contributed by atoms with Crippen molar-refractivity contribution in [3.63, 3.8) is 0 Å². The number of carbonyl (C=O) groups is 2. The zero-order valence-electron chi connectivity index (χ0n) is 15.1. The van der Waals surface area contributed by atoms with Crippen LogP contribution in [0.1, 0.15) is 31.7 Å². The normalized spacial score (nSPS) is 13.1. The lowest BCUT2D eigenvalue weighted by Gasteiger charge is -2.23. The minimum absolute atomic E-state index is 0.0822. The van der Waals surface area contributed by atoms with Gasteiger partial charge in [-0.1, -0.05) is 37.3 Å². The average Bonchev–Trinajstić information content (AvgIpc) is 3.49. The zero-order valence-corrected chi connectivity index (χ0v) is 15.1. The number of nitrogens with zero attached hydrogens (tertiary/aromatic N) is 1. The molecule has 5 heteroatoms. The molecule has 1 fully saturated rings. The molecule has 26 heavy (non-hydrogen) atoms. The van der Waals surface area contributed by atoms with Crippen molar-refractivity contribution < 1.29 is 9.59 Å². The third kappa shape index (κ3) is 5.09. The van der Waals surface area contributed by atoms with Crippen LogP contribution in [0, 0.1) is 5.92 Å². The van der Waals surface area contributed by atoms with Gasteiger partial charge in [-0.05, 0) is 49.1 Å². The molecule has 1 saturated carbocycles. The minimum Gasteiger partial charge on any atom is -0.326 e. The summed E-state index contributed by atoms with van der Waals surface area (Å²) in [5.41, 5.74) is 2.58. The van der Waals surface area contributed by atoms with Crippen LogP contribution >= 0.6 is 0 Å². The van der Waals surface area contributed by atoms with E-state index in [9.17, 15) is 9.59 Å². The molecule has 0 aliphatic heterocycles. The predicted molar refractivity (Wildman–Crippen MR) is 104 cm³/mol. The molecule has 2 aromatic carbocycles. The fourth-order valence-corrected chi connectivity index (χ4v) is 2.76. The lowest BCUT2D eigenvalue weighted by atomic mass is 10.2. The highest BCUT2D eigenvalue weighted by Gasteiger charge is 2.29. The van der Waals surface area contributed by atoms with Crippen LogP contribution in [0.5, 0.6) is 0 Å². The fourth-order valence-electron chi connectivity index (χ4n) is 2.76. The molecule has 0 bridgehead atoms. The SMILES string of the molecule is CCCN(Cc1ccccc1)C(=O)Nc1ccc(NC(=O)C2CC2)cc1. The van der Waals surface area contributed by atoms with E-state index in [0.29, 0.717) is 18.8 Å². The first-order valence-corrected chi connectivity index (χ1v) is 9.16. The maximum absolute atomic E-state index is 12.6. The monoisotopic (exact) mass is 351 g/mol. The first kappa shape index (κ1) is 18.0. The third-order valence-corrected chi connectivity index (χ3v) is 4.35. The van der Waals surface area contributed by atoms with Crippen molar-refractivity contribution in [2.75, 3.05) is 17.2 Å². The van der Waals surface area contributed by atoms with Gasteiger partial charge in [-0.15, -0.1) is 0 Å². The number of nitrogens with one attached hydrogen (secondary N) is 2. The molecule has 0 heterocycles. The summed E-state index contributed by atoms with van der Waals surface area (Å²) in [5.74, 6) is 0.258. The maximum Gasteiger partial charge on any atom is 0.322 e. The van der Waals surface area contributed by atoms with Gasteiger partial charge in [0.15, 0.2) is 0 Å². The molecule has 0 spiro atoms. The summed E-state index contributed by atoms with van der Waals surface area (Å²) in [6.07, 6.45) is 2.86. The molecule has 0 unspecified atom stereocenters. The van der Waals surface area contributed by atoms with Crippen LogP contribution in [-0.4, -0.2) is 23.4 Å². The van der Waals surface area contributed by atoms with Gasteiger partial charge >= 0.3 is 6.03 Å². The van der Waals surface area contributed by atoms with Crippen molar-refractivity contribution >= 4 is 23.3 Å². The zero-order chi connectivity index (χ0) is 18.4. The Morgan fingerprint density at radius 2 is 1.58 bits per heavy atom. The van der Waals surface area contributed by atoms with Gasteiger partial charge in [-0.25, -0.2) is 4.79 Å². The largest absolute Gasteiger partial charge is 0.326 e. The van der Waals surface area contributed by atoms with Gasteiger partial charge in [-0.3, -0.25) is 4.79 Å². The molecule has 136 valence electrons. The molecule has 1 aliphatic rings. The van der Waals surface area contributed by atoms with Gasteiger partial charge in [-0.2, -0.15) is 0 Å². The Hall–Kier alpha value is -2.82. The molecule has 3 rings (SSSR count). The van der Waals surface area contributed by atoms with Crippen LogP contribution in [0.25, 0.3) is 0 Å². The molecule has 2 N–H and O–H groups in total. The summed E-state index contributed by atoms with van der Waals surface area (Å²) in [5, 5.41) is 5.84. The fraction of sp³-hybridized carbons (Fsp3) is 0.333. The van der Waals surface area contributed by atoms with Gasteiger partial charge in [0.25, 0.3) is 0 Å². The van der Waals surface area contributed by atoms with Gasteiger partial charge in [0, 0.05) is 30.4 Å². The third-order valence-electron chi connectivity index (χ3n) is 4.35. The standard InChI is InChI=1S/C21H25N3O2/c1-2-14-24(15-16-6-4-3-5-7-16)21(26)23-19-12-10-18(11-13-19)22-20(25)17-8-9-17/h3-7,10-13,17H,2,8-9,14-15H2,1H3,(H,22,25)(H,23,26). The Bertz CT molecular complexity index is 740. The first-order chi connectivity index (χ1) is 12.7. The van der Waals surface area contributed by atoms with Gasteiger partial charge < -0.3 is 15.5 Å². The van der Waals surface area contributed by atoms with E-state index in [0.717, 1.165) is 30.5 Å². The Balaban J connectivity index is 1.58. The minimum atomic E-state index is -0.120. The Morgan fingerprint density at radius 1 is 0.962 bits per heavy atom. The maximum atomic E-state index is 12.6. The van der Waals surface area contributed by atoms with Crippen molar-refractivity contribution in [1.29, 1.82) is 0 Å². The van der Waals surface area contributed by atoms with E-state index >= 15 is 0 Å². The highest BCUT2D eigenvalue weighted by molar-refractivity contribution is 5.94. The summed E-state index contributed by atoms with van der Waals surface area (Å²) >= 11 is 0. The molecular weight excluding hydrogens is 326 g/mol. The van der Waals surface area contributed by atoms with E-state index in [1.807, 2.05) is 54.6 Å². The number of urea groups is 1. The van der Waals surface area contributed by atoms with E-state index in [1.165, 1.54) is 0 Å². The topological polar surface area (TPSA) is 61.4 Å². The molecule has 0 saturated heterocycles. The van der Waals surface area contributed by atoms with E-state index in [-0.39, 0.29) is 17.9 Å². The Labute approximate surface area is 154 Å². The molecule has 2 aromatic rings. The lowest BCUT2D eigenvalue weighted by molar-refractivity contribution is -0.117. The number of hydrogen-bond donors (Lipinski definition) is 2. The van der Waals surface area contributed by atoms with Crippen LogP contribution in [0.2, 0.25) is 0 Å². The number of hydrogen-bond acceptors (Lipinski definition) is 2. The quantitative estimate of drug-likeness (QED) is 0.772. The first-order valence-electron chi connectivity index (χ1n) is 9.16. The van der Waals surface area contributed by atoms with E-state index in [2.05, 4.69) is 17.6 Å². The van der Waals surface area contributed by atoms with Crippen molar-refractivity contribution in [3.05, 3.63) is 60.2 Å².